The predicted octanol–water partition coefficient (Wildman–Crippen LogP) is 4.03. The molecule has 154 valence electrons. The van der Waals surface area contributed by atoms with E-state index in [9.17, 15) is 14.0 Å². The van der Waals surface area contributed by atoms with Crippen LogP contribution in [0.3, 0.4) is 0 Å². The monoisotopic (exact) mass is 420 g/mol. The van der Waals surface area contributed by atoms with E-state index in [1.165, 1.54) is 12.1 Å². The van der Waals surface area contributed by atoms with Gasteiger partial charge in [-0.3, -0.25) is 9.59 Å². The Morgan fingerprint density at radius 1 is 1.34 bits per heavy atom. The summed E-state index contributed by atoms with van der Waals surface area (Å²) in [6.07, 6.45) is 3.43. The normalized spacial score (nSPS) is 24.4. The summed E-state index contributed by atoms with van der Waals surface area (Å²) in [7, 11) is 0. The Bertz CT molecular complexity index is 967. The molecular weight excluding hydrogens is 399 g/mol. The summed E-state index contributed by atoms with van der Waals surface area (Å²) in [4.78, 5) is 24.9. The van der Waals surface area contributed by atoms with Crippen molar-refractivity contribution in [2.45, 2.75) is 51.5 Å². The summed E-state index contributed by atoms with van der Waals surface area (Å²) in [6.45, 7) is 3.50. The van der Waals surface area contributed by atoms with Crippen LogP contribution >= 0.6 is 11.6 Å². The van der Waals surface area contributed by atoms with Gasteiger partial charge >= 0.3 is 0 Å². The van der Waals surface area contributed by atoms with Crippen LogP contribution in [0.4, 0.5) is 4.39 Å². The lowest BCUT2D eigenvalue weighted by Crippen LogP contribution is -2.75. The number of hydrogen-bond donors (Lipinski definition) is 1. The third kappa shape index (κ3) is 3.64. The average molecular weight is 421 g/mol. The van der Waals surface area contributed by atoms with E-state index < -0.39 is 5.82 Å². The highest BCUT2D eigenvalue weighted by Gasteiger charge is 2.68. The molecule has 1 aromatic heterocycles. The molecule has 6 nitrogen and oxygen atoms in total. The van der Waals surface area contributed by atoms with Gasteiger partial charge in [0.1, 0.15) is 17.3 Å². The molecule has 8 heteroatoms. The van der Waals surface area contributed by atoms with Crippen molar-refractivity contribution in [1.29, 1.82) is 0 Å². The number of ketones is 1. The van der Waals surface area contributed by atoms with E-state index in [1.807, 2.05) is 6.92 Å². The molecule has 1 N–H and O–H groups in total. The van der Waals surface area contributed by atoms with Crippen molar-refractivity contribution in [1.82, 2.24) is 10.5 Å². The number of aryl methyl sites for hydroxylation is 2. The minimum Gasteiger partial charge on any atom is -0.484 e. The second-order valence-corrected chi connectivity index (χ2v) is 8.64. The molecular formula is C21H22ClFN2O4. The van der Waals surface area contributed by atoms with Crippen LogP contribution in [-0.2, 0) is 11.2 Å². The van der Waals surface area contributed by atoms with Crippen molar-refractivity contribution in [2.75, 3.05) is 6.61 Å². The van der Waals surface area contributed by atoms with Gasteiger partial charge in [-0.1, -0.05) is 23.7 Å². The molecule has 2 bridgehead atoms. The number of halogens is 2. The van der Waals surface area contributed by atoms with Gasteiger partial charge in [0.05, 0.1) is 16.3 Å². The quantitative estimate of drug-likeness (QED) is 0.652. The summed E-state index contributed by atoms with van der Waals surface area (Å²) in [6, 6.07) is 4.04. The van der Waals surface area contributed by atoms with E-state index in [0.29, 0.717) is 29.9 Å². The van der Waals surface area contributed by atoms with Crippen LogP contribution in [0.5, 0.6) is 5.75 Å². The largest absolute Gasteiger partial charge is 0.484 e. The molecule has 3 fully saturated rings. The molecule has 0 aliphatic heterocycles. The highest BCUT2D eigenvalue weighted by molar-refractivity contribution is 6.30. The molecule has 1 amide bonds. The van der Waals surface area contributed by atoms with Crippen molar-refractivity contribution in [2.24, 2.45) is 5.41 Å². The molecule has 1 aromatic carbocycles. The number of ether oxygens (including phenoxy) is 1. The van der Waals surface area contributed by atoms with Gasteiger partial charge < -0.3 is 14.6 Å². The lowest BCUT2D eigenvalue weighted by atomic mass is 9.38. The Hall–Kier alpha value is -2.41. The number of amides is 1. The summed E-state index contributed by atoms with van der Waals surface area (Å²) in [5.41, 5.74) is 1.03. The van der Waals surface area contributed by atoms with Crippen molar-refractivity contribution in [3.8, 4) is 5.75 Å². The highest BCUT2D eigenvalue weighted by Crippen LogP contribution is 2.69. The van der Waals surface area contributed by atoms with Gasteiger partial charge in [0, 0.05) is 18.0 Å². The minimum atomic E-state index is -0.593. The van der Waals surface area contributed by atoms with Crippen molar-refractivity contribution >= 4 is 23.3 Å². The number of hydrogen-bond acceptors (Lipinski definition) is 5. The zero-order valence-corrected chi connectivity index (χ0v) is 17.1. The number of rotatable bonds is 8. The van der Waals surface area contributed by atoms with Crippen molar-refractivity contribution < 1.29 is 23.2 Å². The number of nitrogens with one attached hydrogen (secondary N) is 1. The molecule has 2 aromatic rings. The smallest absolute Gasteiger partial charge is 0.258 e. The van der Waals surface area contributed by atoms with E-state index in [4.69, 9.17) is 20.9 Å². The van der Waals surface area contributed by atoms with Gasteiger partial charge in [-0.15, -0.1) is 0 Å². The second-order valence-electron chi connectivity index (χ2n) is 8.24. The standard InChI is InChI=1S/C21H22ClFN2O4/c1-3-16-19(12(2)29-25-16)17(26)7-20-9-21(10-20,11-20)24-18(27)8-28-13-4-5-14(22)15(23)6-13/h4-6H,3,7-11H2,1-2H3,(H,24,27). The van der Waals surface area contributed by atoms with Gasteiger partial charge in [-0.05, 0) is 50.2 Å². The van der Waals surface area contributed by atoms with Gasteiger partial charge in [0.25, 0.3) is 5.91 Å². The average Bonchev–Trinajstić information content (AvgIpc) is 3.00. The number of benzene rings is 1. The van der Waals surface area contributed by atoms with Crippen LogP contribution in [0.2, 0.25) is 5.02 Å². The molecule has 29 heavy (non-hydrogen) atoms. The van der Waals surface area contributed by atoms with Crippen LogP contribution < -0.4 is 10.1 Å². The molecule has 0 saturated heterocycles. The Labute approximate surface area is 172 Å². The molecule has 3 saturated carbocycles. The maximum absolute atomic E-state index is 13.4. The first-order valence-electron chi connectivity index (χ1n) is 9.62. The fraction of sp³-hybridized carbons (Fsp3) is 0.476. The van der Waals surface area contributed by atoms with Crippen LogP contribution in [0.15, 0.2) is 22.7 Å². The third-order valence-electron chi connectivity index (χ3n) is 5.89. The molecule has 0 unspecified atom stereocenters. The number of aromatic nitrogens is 1. The lowest BCUT2D eigenvalue weighted by molar-refractivity contribution is -0.164. The van der Waals surface area contributed by atoms with E-state index in [2.05, 4.69) is 10.5 Å². The minimum absolute atomic E-state index is 0.00275. The van der Waals surface area contributed by atoms with E-state index in [-0.39, 0.29) is 40.0 Å². The Balaban J connectivity index is 1.26. The summed E-state index contributed by atoms with van der Waals surface area (Å²) in [5.74, 6) is 0.0242. The Morgan fingerprint density at radius 3 is 2.72 bits per heavy atom. The van der Waals surface area contributed by atoms with Crippen LogP contribution in [0, 0.1) is 18.2 Å². The summed E-state index contributed by atoms with van der Waals surface area (Å²) >= 11 is 5.63. The zero-order valence-electron chi connectivity index (χ0n) is 16.3. The molecule has 5 rings (SSSR count). The van der Waals surface area contributed by atoms with Gasteiger partial charge in [-0.25, -0.2) is 4.39 Å². The third-order valence-corrected chi connectivity index (χ3v) is 6.19. The van der Waals surface area contributed by atoms with Crippen LogP contribution in [0.25, 0.3) is 0 Å². The van der Waals surface area contributed by atoms with E-state index >= 15 is 0 Å². The highest BCUT2D eigenvalue weighted by atomic mass is 35.5. The molecule has 1 heterocycles. The second kappa shape index (κ2) is 7.13. The fourth-order valence-corrected chi connectivity index (χ4v) is 4.93. The maximum Gasteiger partial charge on any atom is 0.258 e. The SMILES string of the molecule is CCc1noc(C)c1C(=O)CC12CC(NC(=O)COc3ccc(Cl)c(F)c3)(C1)C2. The van der Waals surface area contributed by atoms with Crippen LogP contribution in [0.1, 0.15) is 54.4 Å². The van der Waals surface area contributed by atoms with E-state index in [0.717, 1.165) is 25.3 Å². The number of Topliss-reactive ketones (excluding diaryl/α,β-unsaturated/α-hetero) is 1. The molecule has 3 aliphatic rings. The fourth-order valence-electron chi connectivity index (χ4n) is 4.81. The number of nitrogens with zero attached hydrogens (tertiary/aromatic N) is 1. The number of carbonyl (C=O) groups is 2. The number of carbonyl (C=O) groups excluding carboxylic acids is 2. The van der Waals surface area contributed by atoms with Gasteiger partial charge in [0.2, 0.25) is 0 Å². The Morgan fingerprint density at radius 2 is 2.07 bits per heavy atom. The first-order valence-corrected chi connectivity index (χ1v) is 10.00. The van der Waals surface area contributed by atoms with Crippen LogP contribution in [-0.4, -0.2) is 29.0 Å². The molecule has 0 atom stereocenters. The van der Waals surface area contributed by atoms with Crippen molar-refractivity contribution in [3.05, 3.63) is 46.1 Å². The summed E-state index contributed by atoms with van der Waals surface area (Å²) < 4.78 is 23.9. The van der Waals surface area contributed by atoms with Gasteiger partial charge in [-0.2, -0.15) is 0 Å². The molecule has 3 aliphatic carbocycles. The molecule has 0 radical (unpaired) electrons. The predicted molar refractivity (Wildman–Crippen MR) is 104 cm³/mol. The topological polar surface area (TPSA) is 81.4 Å². The zero-order chi connectivity index (χ0) is 20.8. The maximum atomic E-state index is 13.4. The Kier molecular flexibility index (Phi) is 4.89. The lowest BCUT2D eigenvalue weighted by Gasteiger charge is -2.70. The van der Waals surface area contributed by atoms with Crippen molar-refractivity contribution in [3.63, 3.8) is 0 Å². The first-order chi connectivity index (χ1) is 13.7. The molecule has 0 spiro atoms. The summed E-state index contributed by atoms with van der Waals surface area (Å²) in [5, 5.41) is 6.95. The van der Waals surface area contributed by atoms with Gasteiger partial charge in [0.15, 0.2) is 12.4 Å². The first kappa shape index (κ1) is 19.9. The van der Waals surface area contributed by atoms with E-state index in [1.54, 1.807) is 6.92 Å².